The van der Waals surface area contributed by atoms with Crippen molar-refractivity contribution in [3.8, 4) is 0 Å². The van der Waals surface area contributed by atoms with Crippen LogP contribution in [0.2, 0.25) is 0 Å². The van der Waals surface area contributed by atoms with Crippen molar-refractivity contribution >= 4 is 6.03 Å². The number of hydrogen-bond acceptors (Lipinski definition) is 3. The van der Waals surface area contributed by atoms with Gasteiger partial charge in [-0.05, 0) is 31.6 Å². The molecule has 2 atom stereocenters. The maximum absolute atomic E-state index is 11.6. The fraction of sp³-hybridized carbons (Fsp3) is 0.923. The molecule has 0 aromatic carbocycles. The van der Waals surface area contributed by atoms with Crippen LogP contribution in [-0.2, 0) is 4.74 Å². The normalized spacial score (nSPS) is 27.8. The van der Waals surface area contributed by atoms with Gasteiger partial charge in [-0.3, -0.25) is 0 Å². The van der Waals surface area contributed by atoms with E-state index < -0.39 is 6.10 Å². The van der Waals surface area contributed by atoms with E-state index in [0.29, 0.717) is 13.2 Å². The molecule has 0 heterocycles. The molecule has 5 nitrogen and oxygen atoms in total. The van der Waals surface area contributed by atoms with Crippen molar-refractivity contribution in [1.29, 1.82) is 0 Å². The highest BCUT2D eigenvalue weighted by Gasteiger charge is 2.24. The van der Waals surface area contributed by atoms with E-state index in [1.807, 2.05) is 0 Å². The van der Waals surface area contributed by atoms with Crippen LogP contribution in [0.1, 0.15) is 38.5 Å². The number of aliphatic hydroxyl groups excluding tert-OH is 1. The summed E-state index contributed by atoms with van der Waals surface area (Å²) in [7, 11) is 0. The van der Waals surface area contributed by atoms with Crippen LogP contribution < -0.4 is 10.6 Å². The van der Waals surface area contributed by atoms with Crippen molar-refractivity contribution < 1.29 is 14.6 Å². The van der Waals surface area contributed by atoms with Crippen LogP contribution in [0.3, 0.4) is 0 Å². The summed E-state index contributed by atoms with van der Waals surface area (Å²) in [4.78, 5) is 11.6. The van der Waals surface area contributed by atoms with Crippen LogP contribution in [0.4, 0.5) is 4.79 Å². The Balaban J connectivity index is 1.50. The van der Waals surface area contributed by atoms with E-state index in [-0.39, 0.29) is 12.1 Å². The van der Waals surface area contributed by atoms with Crippen LogP contribution in [0, 0.1) is 5.92 Å². The van der Waals surface area contributed by atoms with E-state index in [4.69, 9.17) is 4.74 Å². The molecule has 0 aromatic rings. The summed E-state index contributed by atoms with van der Waals surface area (Å²) in [6, 6.07) is -0.290. The number of aliphatic hydroxyl groups is 1. The number of nitrogens with one attached hydrogen (secondary N) is 2. The standard InChI is InChI=1S/C13H24N2O3/c16-12-4-2-1-3-11(12)15-13(17)14-7-8-18-9-10-5-6-10/h10-12,16H,1-9H2,(H2,14,15,17). The lowest BCUT2D eigenvalue weighted by atomic mass is 9.93. The number of urea groups is 1. The minimum Gasteiger partial charge on any atom is -0.391 e. The molecule has 2 unspecified atom stereocenters. The molecule has 5 heteroatoms. The number of ether oxygens (including phenoxy) is 1. The second kappa shape index (κ2) is 6.95. The van der Waals surface area contributed by atoms with E-state index in [9.17, 15) is 9.90 Å². The smallest absolute Gasteiger partial charge is 0.315 e. The Morgan fingerprint density at radius 1 is 1.22 bits per heavy atom. The monoisotopic (exact) mass is 256 g/mol. The third kappa shape index (κ3) is 4.82. The van der Waals surface area contributed by atoms with Gasteiger partial charge < -0.3 is 20.5 Å². The Labute approximate surface area is 108 Å². The Kier molecular flexibility index (Phi) is 5.26. The van der Waals surface area contributed by atoms with Crippen molar-refractivity contribution in [1.82, 2.24) is 10.6 Å². The van der Waals surface area contributed by atoms with E-state index in [1.54, 1.807) is 0 Å². The molecule has 0 spiro atoms. The molecule has 2 aliphatic rings. The average molecular weight is 256 g/mol. The SMILES string of the molecule is O=C(NCCOCC1CC1)NC1CCCCC1O. The third-order valence-corrected chi connectivity index (χ3v) is 3.63. The number of carbonyl (C=O) groups is 1. The zero-order chi connectivity index (χ0) is 12.8. The van der Waals surface area contributed by atoms with Gasteiger partial charge in [-0.15, -0.1) is 0 Å². The van der Waals surface area contributed by atoms with Gasteiger partial charge in [0.15, 0.2) is 0 Å². The van der Waals surface area contributed by atoms with Gasteiger partial charge in [0.1, 0.15) is 0 Å². The zero-order valence-electron chi connectivity index (χ0n) is 10.9. The molecule has 2 rings (SSSR count). The van der Waals surface area contributed by atoms with E-state index in [2.05, 4.69) is 10.6 Å². The molecule has 18 heavy (non-hydrogen) atoms. The largest absolute Gasteiger partial charge is 0.391 e. The Hall–Kier alpha value is -0.810. The molecule has 2 aliphatic carbocycles. The van der Waals surface area contributed by atoms with Crippen LogP contribution in [-0.4, -0.2) is 43.0 Å². The highest BCUT2D eigenvalue weighted by atomic mass is 16.5. The average Bonchev–Trinajstić information content (AvgIpc) is 3.16. The molecule has 3 N–H and O–H groups in total. The van der Waals surface area contributed by atoms with Crippen molar-refractivity contribution in [3.05, 3.63) is 0 Å². The van der Waals surface area contributed by atoms with E-state index in [1.165, 1.54) is 12.8 Å². The third-order valence-electron chi connectivity index (χ3n) is 3.63. The van der Waals surface area contributed by atoms with Crippen molar-refractivity contribution in [3.63, 3.8) is 0 Å². The van der Waals surface area contributed by atoms with Crippen LogP contribution >= 0.6 is 0 Å². The molecule has 2 saturated carbocycles. The maximum atomic E-state index is 11.6. The Bertz CT molecular complexity index is 269. The summed E-state index contributed by atoms with van der Waals surface area (Å²) in [5.41, 5.74) is 0. The minimum absolute atomic E-state index is 0.0915. The lowest BCUT2D eigenvalue weighted by Gasteiger charge is -2.28. The molecular weight excluding hydrogens is 232 g/mol. The highest BCUT2D eigenvalue weighted by Crippen LogP contribution is 2.28. The van der Waals surface area contributed by atoms with Gasteiger partial charge in [-0.1, -0.05) is 12.8 Å². The van der Waals surface area contributed by atoms with Crippen LogP contribution in [0.5, 0.6) is 0 Å². The number of hydrogen-bond donors (Lipinski definition) is 3. The van der Waals surface area contributed by atoms with Gasteiger partial charge >= 0.3 is 6.03 Å². The van der Waals surface area contributed by atoms with E-state index in [0.717, 1.165) is 38.2 Å². The predicted octanol–water partition coefficient (Wildman–Crippen LogP) is 1.02. The molecule has 0 aromatic heterocycles. The first kappa shape index (κ1) is 13.6. The van der Waals surface area contributed by atoms with Crippen LogP contribution in [0.25, 0.3) is 0 Å². The zero-order valence-corrected chi connectivity index (χ0v) is 10.9. The molecule has 104 valence electrons. The Morgan fingerprint density at radius 3 is 2.72 bits per heavy atom. The second-order valence-corrected chi connectivity index (χ2v) is 5.38. The number of amides is 2. The lowest BCUT2D eigenvalue weighted by molar-refractivity contribution is 0.0934. The first-order valence-corrected chi connectivity index (χ1v) is 7.06. The van der Waals surface area contributed by atoms with Gasteiger partial charge in [-0.25, -0.2) is 4.79 Å². The summed E-state index contributed by atoms with van der Waals surface area (Å²) in [6.07, 6.45) is 5.96. The van der Waals surface area contributed by atoms with E-state index >= 15 is 0 Å². The molecule has 0 bridgehead atoms. The Morgan fingerprint density at radius 2 is 2.00 bits per heavy atom. The summed E-state index contributed by atoms with van der Waals surface area (Å²) in [5.74, 6) is 0.760. The highest BCUT2D eigenvalue weighted by molar-refractivity contribution is 5.74. The molecule has 0 saturated heterocycles. The van der Waals surface area contributed by atoms with Gasteiger partial charge in [0, 0.05) is 13.2 Å². The molecular formula is C13H24N2O3. The van der Waals surface area contributed by atoms with Gasteiger partial charge in [0.2, 0.25) is 0 Å². The fourth-order valence-corrected chi connectivity index (χ4v) is 2.27. The van der Waals surface area contributed by atoms with Crippen molar-refractivity contribution in [2.75, 3.05) is 19.8 Å². The summed E-state index contributed by atoms with van der Waals surface area (Å²) in [6.45, 7) is 1.92. The topological polar surface area (TPSA) is 70.6 Å². The molecule has 0 radical (unpaired) electrons. The lowest BCUT2D eigenvalue weighted by Crippen LogP contribution is -2.49. The van der Waals surface area contributed by atoms with Gasteiger partial charge in [0.25, 0.3) is 0 Å². The maximum Gasteiger partial charge on any atom is 0.315 e. The fourth-order valence-electron chi connectivity index (χ4n) is 2.27. The molecule has 2 amide bonds. The predicted molar refractivity (Wildman–Crippen MR) is 68.3 cm³/mol. The summed E-state index contributed by atoms with van der Waals surface area (Å²) < 4.78 is 5.43. The molecule has 2 fully saturated rings. The second-order valence-electron chi connectivity index (χ2n) is 5.38. The van der Waals surface area contributed by atoms with Gasteiger partial charge in [-0.2, -0.15) is 0 Å². The first-order chi connectivity index (χ1) is 8.75. The quantitative estimate of drug-likeness (QED) is 0.621. The van der Waals surface area contributed by atoms with Gasteiger partial charge in [0.05, 0.1) is 18.8 Å². The summed E-state index contributed by atoms with van der Waals surface area (Å²) >= 11 is 0. The number of carbonyl (C=O) groups excluding carboxylic acids is 1. The van der Waals surface area contributed by atoms with Crippen molar-refractivity contribution in [2.24, 2.45) is 5.92 Å². The van der Waals surface area contributed by atoms with Crippen molar-refractivity contribution in [2.45, 2.75) is 50.7 Å². The first-order valence-electron chi connectivity index (χ1n) is 7.06. The summed E-state index contributed by atoms with van der Waals surface area (Å²) in [5, 5.41) is 15.3. The van der Waals surface area contributed by atoms with Crippen LogP contribution in [0.15, 0.2) is 0 Å². The minimum atomic E-state index is -0.393. The molecule has 0 aliphatic heterocycles. The number of rotatable bonds is 6.